The van der Waals surface area contributed by atoms with Crippen molar-refractivity contribution in [2.45, 2.75) is 26.4 Å². The average Bonchev–Trinajstić information content (AvgIpc) is 2.86. The van der Waals surface area contributed by atoms with Gasteiger partial charge < -0.3 is 4.74 Å². The molecule has 0 amide bonds. The maximum atomic E-state index is 11.9. The molecule has 5 nitrogen and oxygen atoms in total. The predicted molar refractivity (Wildman–Crippen MR) is 74.0 cm³/mol. The van der Waals surface area contributed by atoms with E-state index in [-0.39, 0.29) is 0 Å². The van der Waals surface area contributed by atoms with Crippen LogP contribution in [-0.4, -0.2) is 21.5 Å². The second-order valence-corrected chi connectivity index (χ2v) is 5.35. The van der Waals surface area contributed by atoms with E-state index in [1.807, 2.05) is 6.07 Å². The minimum atomic E-state index is -0.566. The van der Waals surface area contributed by atoms with Crippen molar-refractivity contribution < 1.29 is 9.53 Å². The molecule has 0 saturated heterocycles. The van der Waals surface area contributed by atoms with Crippen LogP contribution in [0.25, 0.3) is 11.1 Å². The Kier molecular flexibility index (Phi) is 3.57. The van der Waals surface area contributed by atoms with Gasteiger partial charge in [-0.25, -0.2) is 4.79 Å². The van der Waals surface area contributed by atoms with Gasteiger partial charge in [0.1, 0.15) is 5.60 Å². The van der Waals surface area contributed by atoms with Crippen molar-refractivity contribution in [1.82, 2.24) is 9.78 Å². The molecule has 0 radical (unpaired) electrons. The fourth-order valence-electron chi connectivity index (χ4n) is 1.65. The normalized spacial score (nSPS) is 10.9. The molecule has 1 aromatic carbocycles. The highest BCUT2D eigenvalue weighted by Gasteiger charge is 2.18. The van der Waals surface area contributed by atoms with Gasteiger partial charge >= 0.3 is 6.09 Å². The summed E-state index contributed by atoms with van der Waals surface area (Å²) in [7, 11) is 0. The van der Waals surface area contributed by atoms with Gasteiger partial charge in [-0.2, -0.15) is 15.0 Å². The highest BCUT2D eigenvalue weighted by atomic mass is 16.6. The van der Waals surface area contributed by atoms with Crippen molar-refractivity contribution in [2.24, 2.45) is 0 Å². The molecule has 2 rings (SSSR count). The van der Waals surface area contributed by atoms with Crippen molar-refractivity contribution in [3.05, 3.63) is 42.2 Å². The third kappa shape index (κ3) is 3.23. The number of hydrogen-bond acceptors (Lipinski definition) is 4. The highest BCUT2D eigenvalue weighted by Crippen LogP contribution is 2.20. The van der Waals surface area contributed by atoms with E-state index in [9.17, 15) is 4.79 Å². The van der Waals surface area contributed by atoms with E-state index in [2.05, 4.69) is 11.2 Å². The Balaban J connectivity index is 2.25. The first kappa shape index (κ1) is 13.8. The lowest BCUT2D eigenvalue weighted by molar-refractivity contribution is 0.0514. The number of carbonyl (C=O) groups excluding carboxylic acids is 1. The molecule has 0 N–H and O–H groups in total. The first-order valence-electron chi connectivity index (χ1n) is 6.17. The Morgan fingerprint density at radius 1 is 1.35 bits per heavy atom. The molecule has 0 fully saturated rings. The van der Waals surface area contributed by atoms with Gasteiger partial charge in [0.25, 0.3) is 0 Å². The van der Waals surface area contributed by atoms with Gasteiger partial charge in [-0.05, 0) is 38.5 Å². The van der Waals surface area contributed by atoms with Crippen molar-refractivity contribution >= 4 is 6.09 Å². The Hall–Kier alpha value is -2.61. The maximum Gasteiger partial charge on any atom is 0.435 e. The zero-order valence-corrected chi connectivity index (χ0v) is 11.6. The molecule has 0 unspecified atom stereocenters. The lowest BCUT2D eigenvalue weighted by Gasteiger charge is -2.18. The molecular formula is C15H15N3O2. The first-order chi connectivity index (χ1) is 9.39. The summed E-state index contributed by atoms with van der Waals surface area (Å²) >= 11 is 0. The summed E-state index contributed by atoms with van der Waals surface area (Å²) < 4.78 is 6.38. The fraction of sp³-hybridized carbons (Fsp3) is 0.267. The Labute approximate surface area is 117 Å². The number of hydrogen-bond donors (Lipinski definition) is 0. The minimum Gasteiger partial charge on any atom is -0.442 e. The third-order valence-electron chi connectivity index (χ3n) is 2.49. The zero-order chi connectivity index (χ0) is 14.8. The van der Waals surface area contributed by atoms with Gasteiger partial charge in [-0.3, -0.25) is 0 Å². The van der Waals surface area contributed by atoms with Crippen LogP contribution in [0.3, 0.4) is 0 Å². The quantitative estimate of drug-likeness (QED) is 0.797. The largest absolute Gasteiger partial charge is 0.442 e. The van der Waals surface area contributed by atoms with Crippen molar-refractivity contribution in [1.29, 1.82) is 5.26 Å². The number of aromatic nitrogens is 2. The average molecular weight is 269 g/mol. The molecule has 1 heterocycles. The number of ether oxygens (including phenoxy) is 1. The van der Waals surface area contributed by atoms with Gasteiger partial charge in [0, 0.05) is 11.8 Å². The van der Waals surface area contributed by atoms with E-state index >= 15 is 0 Å². The smallest absolute Gasteiger partial charge is 0.435 e. The summed E-state index contributed by atoms with van der Waals surface area (Å²) in [5.74, 6) is 0. The molecular weight excluding hydrogens is 254 g/mol. The molecule has 0 bridgehead atoms. The van der Waals surface area contributed by atoms with Gasteiger partial charge in [-0.1, -0.05) is 12.1 Å². The van der Waals surface area contributed by atoms with Gasteiger partial charge in [0.15, 0.2) is 0 Å². The number of nitrogens with zero attached hydrogens (tertiary/aromatic N) is 3. The Bertz CT molecular complexity index is 675. The van der Waals surface area contributed by atoms with E-state index in [4.69, 9.17) is 10.00 Å². The Morgan fingerprint density at radius 2 is 2.10 bits per heavy atom. The zero-order valence-electron chi connectivity index (χ0n) is 11.6. The van der Waals surface area contributed by atoms with E-state index in [1.54, 1.807) is 51.4 Å². The van der Waals surface area contributed by atoms with Crippen LogP contribution in [0, 0.1) is 11.3 Å². The van der Waals surface area contributed by atoms with Crippen LogP contribution < -0.4 is 0 Å². The van der Waals surface area contributed by atoms with E-state index < -0.39 is 11.7 Å². The molecule has 0 saturated carbocycles. The van der Waals surface area contributed by atoms with E-state index in [0.29, 0.717) is 5.56 Å². The number of benzene rings is 1. The summed E-state index contributed by atoms with van der Waals surface area (Å²) in [6.45, 7) is 5.39. The van der Waals surface area contributed by atoms with Gasteiger partial charge in [0.05, 0.1) is 17.8 Å². The first-order valence-corrected chi connectivity index (χ1v) is 6.17. The highest BCUT2D eigenvalue weighted by molar-refractivity contribution is 5.73. The van der Waals surface area contributed by atoms with Crippen LogP contribution in [0.2, 0.25) is 0 Å². The molecule has 0 spiro atoms. The second kappa shape index (κ2) is 5.17. The van der Waals surface area contributed by atoms with Gasteiger partial charge in [0.2, 0.25) is 0 Å². The van der Waals surface area contributed by atoms with Crippen molar-refractivity contribution in [3.63, 3.8) is 0 Å². The SMILES string of the molecule is CC(C)(C)OC(=O)n1cc(-c2cccc(C#N)c2)cn1. The predicted octanol–water partition coefficient (Wildman–Crippen LogP) is 3.20. The number of carbonyl (C=O) groups is 1. The van der Waals surface area contributed by atoms with Crippen LogP contribution in [0.5, 0.6) is 0 Å². The van der Waals surface area contributed by atoms with Gasteiger partial charge in [-0.15, -0.1) is 0 Å². The van der Waals surface area contributed by atoms with Crippen LogP contribution in [-0.2, 0) is 4.74 Å². The van der Waals surface area contributed by atoms with Crippen LogP contribution >= 0.6 is 0 Å². The maximum absolute atomic E-state index is 11.9. The molecule has 102 valence electrons. The summed E-state index contributed by atoms with van der Waals surface area (Å²) in [4.78, 5) is 11.9. The molecule has 2 aromatic rings. The third-order valence-corrected chi connectivity index (χ3v) is 2.49. The summed E-state index contributed by atoms with van der Waals surface area (Å²) in [5.41, 5.74) is 1.59. The monoisotopic (exact) mass is 269 g/mol. The standard InChI is InChI=1S/C15H15N3O2/c1-15(2,3)20-14(19)18-10-13(9-17-18)12-6-4-5-11(7-12)8-16/h4-7,9-10H,1-3H3. The summed E-state index contributed by atoms with van der Waals surface area (Å²) in [5, 5.41) is 12.9. The molecule has 5 heteroatoms. The number of rotatable bonds is 1. The Morgan fingerprint density at radius 3 is 2.75 bits per heavy atom. The second-order valence-electron chi connectivity index (χ2n) is 5.35. The van der Waals surface area contributed by atoms with Crippen LogP contribution in [0.4, 0.5) is 4.79 Å². The molecule has 0 atom stereocenters. The lowest BCUT2D eigenvalue weighted by Crippen LogP contribution is -2.27. The molecule has 1 aromatic heterocycles. The lowest BCUT2D eigenvalue weighted by atomic mass is 10.1. The summed E-state index contributed by atoms with van der Waals surface area (Å²) in [6.07, 6.45) is 2.63. The molecule has 20 heavy (non-hydrogen) atoms. The van der Waals surface area contributed by atoms with Crippen LogP contribution in [0.15, 0.2) is 36.7 Å². The molecule has 0 aliphatic heterocycles. The molecule has 0 aliphatic rings. The molecule has 0 aliphatic carbocycles. The van der Waals surface area contributed by atoms with E-state index in [0.717, 1.165) is 15.8 Å². The number of nitriles is 1. The van der Waals surface area contributed by atoms with Crippen LogP contribution in [0.1, 0.15) is 26.3 Å². The topological polar surface area (TPSA) is 67.9 Å². The van der Waals surface area contributed by atoms with Crippen molar-refractivity contribution in [2.75, 3.05) is 0 Å². The fourth-order valence-corrected chi connectivity index (χ4v) is 1.65. The van der Waals surface area contributed by atoms with E-state index in [1.165, 1.54) is 0 Å². The minimum absolute atomic E-state index is 0.528. The summed E-state index contributed by atoms with van der Waals surface area (Å²) in [6, 6.07) is 9.20. The van der Waals surface area contributed by atoms with Crippen molar-refractivity contribution in [3.8, 4) is 17.2 Å².